The lowest BCUT2D eigenvalue weighted by molar-refractivity contribution is -0.159. The summed E-state index contributed by atoms with van der Waals surface area (Å²) in [7, 11) is 0. The van der Waals surface area contributed by atoms with Crippen molar-refractivity contribution in [2.24, 2.45) is 29.1 Å². The average Bonchev–Trinajstić information content (AvgIpc) is 2.68. The predicted molar refractivity (Wildman–Crippen MR) is 84.1 cm³/mol. The number of rotatable bonds is 0. The van der Waals surface area contributed by atoms with E-state index in [4.69, 9.17) is 4.74 Å². The van der Waals surface area contributed by atoms with Crippen molar-refractivity contribution in [1.29, 1.82) is 5.26 Å². The van der Waals surface area contributed by atoms with Gasteiger partial charge < -0.3 is 9.84 Å². The van der Waals surface area contributed by atoms with Crippen molar-refractivity contribution in [2.75, 3.05) is 0 Å². The second kappa shape index (κ2) is 5.21. The molecular weight excluding hydrogens is 290 g/mol. The van der Waals surface area contributed by atoms with Crippen molar-refractivity contribution < 1.29 is 14.6 Å². The van der Waals surface area contributed by atoms with Gasteiger partial charge in [0, 0.05) is 11.8 Å². The Balaban J connectivity index is 1.61. The molecule has 0 aromatic heterocycles. The number of carbonyl (C=O) groups excluding carboxylic acids is 1. The SMILES string of the molecule is C[C@]12CC[C@H]3[C@@H](CCC4OC(=O)CCC[C@@H]43)[C@@H]1CC[C@@]2(O)C#N. The molecule has 0 aromatic rings. The maximum Gasteiger partial charge on any atom is 0.306 e. The second-order valence-electron chi connectivity index (χ2n) is 8.56. The number of esters is 1. The van der Waals surface area contributed by atoms with Gasteiger partial charge in [-0.05, 0) is 75.0 Å². The highest BCUT2D eigenvalue weighted by molar-refractivity contribution is 5.69. The van der Waals surface area contributed by atoms with Crippen LogP contribution < -0.4 is 0 Å². The summed E-state index contributed by atoms with van der Waals surface area (Å²) in [6, 6.07) is 2.23. The van der Waals surface area contributed by atoms with E-state index in [1.54, 1.807) is 0 Å². The van der Waals surface area contributed by atoms with E-state index in [0.717, 1.165) is 44.9 Å². The third-order valence-corrected chi connectivity index (χ3v) is 7.84. The number of nitrogens with zero attached hydrogens (tertiary/aromatic N) is 1. The molecule has 0 radical (unpaired) electrons. The van der Waals surface area contributed by atoms with Crippen LogP contribution >= 0.6 is 0 Å². The minimum absolute atomic E-state index is 0.0173. The summed E-state index contributed by atoms with van der Waals surface area (Å²) >= 11 is 0. The molecule has 1 heterocycles. The van der Waals surface area contributed by atoms with Crippen molar-refractivity contribution in [3.63, 3.8) is 0 Å². The number of hydrogen-bond donors (Lipinski definition) is 1. The zero-order valence-corrected chi connectivity index (χ0v) is 14.0. The van der Waals surface area contributed by atoms with Crippen LogP contribution in [0.2, 0.25) is 0 Å². The Morgan fingerprint density at radius 3 is 2.74 bits per heavy atom. The van der Waals surface area contributed by atoms with Gasteiger partial charge in [-0.2, -0.15) is 5.26 Å². The maximum atomic E-state index is 11.8. The Kier molecular flexibility index (Phi) is 3.50. The van der Waals surface area contributed by atoms with E-state index in [1.165, 1.54) is 0 Å². The summed E-state index contributed by atoms with van der Waals surface area (Å²) in [6.07, 6.45) is 8.38. The minimum atomic E-state index is -1.14. The van der Waals surface area contributed by atoms with Crippen LogP contribution in [0.25, 0.3) is 0 Å². The molecule has 1 saturated heterocycles. The number of fused-ring (bicyclic) bond motifs is 5. The van der Waals surface area contributed by atoms with Gasteiger partial charge in [0.05, 0.1) is 6.07 Å². The van der Waals surface area contributed by atoms with Crippen molar-refractivity contribution in [2.45, 2.75) is 76.4 Å². The zero-order valence-electron chi connectivity index (χ0n) is 14.0. The fourth-order valence-corrected chi connectivity index (χ4v) is 6.57. The van der Waals surface area contributed by atoms with Gasteiger partial charge >= 0.3 is 5.97 Å². The van der Waals surface area contributed by atoms with E-state index in [-0.39, 0.29) is 17.5 Å². The third-order valence-electron chi connectivity index (χ3n) is 7.84. The molecule has 3 saturated carbocycles. The number of hydrogen-bond acceptors (Lipinski definition) is 4. The average molecular weight is 317 g/mol. The fraction of sp³-hybridized carbons (Fsp3) is 0.895. The Bertz CT molecular complexity index is 555. The van der Waals surface area contributed by atoms with Crippen LogP contribution in [0.5, 0.6) is 0 Å². The topological polar surface area (TPSA) is 70.3 Å². The Labute approximate surface area is 138 Å². The first kappa shape index (κ1) is 15.4. The minimum Gasteiger partial charge on any atom is -0.462 e. The van der Waals surface area contributed by atoms with Crippen molar-refractivity contribution in [1.82, 2.24) is 0 Å². The van der Waals surface area contributed by atoms with Gasteiger partial charge in [-0.1, -0.05) is 6.92 Å². The fourth-order valence-electron chi connectivity index (χ4n) is 6.57. The Morgan fingerprint density at radius 1 is 1.13 bits per heavy atom. The Hall–Kier alpha value is -1.08. The molecule has 0 amide bonds. The molecule has 7 atom stereocenters. The molecule has 1 unspecified atom stereocenters. The lowest BCUT2D eigenvalue weighted by Gasteiger charge is -2.54. The third kappa shape index (κ3) is 2.09. The number of carbonyl (C=O) groups is 1. The van der Waals surface area contributed by atoms with Gasteiger partial charge in [0.15, 0.2) is 5.60 Å². The number of nitriles is 1. The summed E-state index contributed by atoms with van der Waals surface area (Å²) in [6.45, 7) is 2.14. The summed E-state index contributed by atoms with van der Waals surface area (Å²) in [4.78, 5) is 11.8. The van der Waals surface area contributed by atoms with Crippen LogP contribution in [0.1, 0.15) is 64.7 Å². The highest BCUT2D eigenvalue weighted by Crippen LogP contribution is 2.64. The van der Waals surface area contributed by atoms with Crippen molar-refractivity contribution in [3.8, 4) is 6.07 Å². The summed E-state index contributed by atoms with van der Waals surface area (Å²) in [5, 5.41) is 20.3. The molecule has 4 fully saturated rings. The van der Waals surface area contributed by atoms with Crippen LogP contribution in [-0.4, -0.2) is 22.8 Å². The quantitative estimate of drug-likeness (QED) is 0.550. The highest BCUT2D eigenvalue weighted by Gasteiger charge is 2.63. The molecule has 1 N–H and O–H groups in total. The first-order valence-electron chi connectivity index (χ1n) is 9.32. The van der Waals surface area contributed by atoms with Gasteiger partial charge in [0.1, 0.15) is 6.10 Å². The van der Waals surface area contributed by atoms with E-state index in [1.807, 2.05) is 0 Å². The van der Waals surface area contributed by atoms with Crippen molar-refractivity contribution >= 4 is 5.97 Å². The molecule has 1 aliphatic heterocycles. The van der Waals surface area contributed by atoms with Gasteiger partial charge in [-0.15, -0.1) is 0 Å². The van der Waals surface area contributed by atoms with Crippen LogP contribution in [0.15, 0.2) is 0 Å². The highest BCUT2D eigenvalue weighted by atomic mass is 16.5. The van der Waals surface area contributed by atoms with Gasteiger partial charge in [-0.3, -0.25) is 4.79 Å². The smallest absolute Gasteiger partial charge is 0.306 e. The maximum absolute atomic E-state index is 11.8. The normalized spacial score (nSPS) is 52.4. The largest absolute Gasteiger partial charge is 0.462 e. The number of ether oxygens (including phenoxy) is 1. The second-order valence-corrected chi connectivity index (χ2v) is 8.56. The molecule has 0 aromatic carbocycles. The molecular formula is C19H27NO3. The molecule has 4 heteroatoms. The van der Waals surface area contributed by atoms with Crippen LogP contribution in [0.4, 0.5) is 0 Å². The lowest BCUT2D eigenvalue weighted by atomic mass is 9.51. The standard InChI is InChI=1S/C19H27NO3/c1-18-9-7-12-13(15(18)8-10-19(18,22)11-20)5-6-16-14(12)3-2-4-17(21)23-16/h12-16,22H,2-10H2,1H3/t12-,13+,14+,15-,16?,18-,19+/m0/s1. The summed E-state index contributed by atoms with van der Waals surface area (Å²) in [5.74, 6) is 2.13. The van der Waals surface area contributed by atoms with Crippen molar-refractivity contribution in [3.05, 3.63) is 0 Å². The molecule has 4 nitrogen and oxygen atoms in total. The summed E-state index contributed by atoms with van der Waals surface area (Å²) < 4.78 is 5.72. The Morgan fingerprint density at radius 2 is 1.96 bits per heavy atom. The van der Waals surface area contributed by atoms with Crippen LogP contribution in [0, 0.1) is 40.4 Å². The van der Waals surface area contributed by atoms with Crippen LogP contribution in [-0.2, 0) is 9.53 Å². The van der Waals surface area contributed by atoms with Gasteiger partial charge in [0.25, 0.3) is 0 Å². The predicted octanol–water partition coefficient (Wildman–Crippen LogP) is 3.19. The first-order chi connectivity index (χ1) is 11.0. The van der Waals surface area contributed by atoms with E-state index in [9.17, 15) is 15.2 Å². The molecule has 3 aliphatic carbocycles. The first-order valence-corrected chi connectivity index (χ1v) is 9.32. The summed E-state index contributed by atoms with van der Waals surface area (Å²) in [5.41, 5.74) is -1.40. The molecule has 126 valence electrons. The molecule has 0 spiro atoms. The number of aliphatic hydroxyl groups is 1. The molecule has 4 aliphatic rings. The molecule has 23 heavy (non-hydrogen) atoms. The van der Waals surface area contributed by atoms with Gasteiger partial charge in [-0.25, -0.2) is 0 Å². The monoisotopic (exact) mass is 317 g/mol. The molecule has 4 rings (SSSR count). The van der Waals surface area contributed by atoms with Crippen LogP contribution in [0.3, 0.4) is 0 Å². The van der Waals surface area contributed by atoms with E-state index >= 15 is 0 Å². The van der Waals surface area contributed by atoms with E-state index in [2.05, 4.69) is 13.0 Å². The zero-order chi connectivity index (χ0) is 16.2. The van der Waals surface area contributed by atoms with E-state index in [0.29, 0.717) is 36.5 Å². The molecule has 0 bridgehead atoms. The lowest BCUT2D eigenvalue weighted by Crippen LogP contribution is -2.53. The van der Waals surface area contributed by atoms with Gasteiger partial charge in [0.2, 0.25) is 0 Å². The van der Waals surface area contributed by atoms with E-state index < -0.39 is 5.60 Å².